The van der Waals surface area contributed by atoms with Crippen LogP contribution in [0.3, 0.4) is 0 Å². The molecule has 1 aromatic heterocycles. The van der Waals surface area contributed by atoms with E-state index in [2.05, 4.69) is 20.3 Å². The van der Waals surface area contributed by atoms with Gasteiger partial charge in [0.1, 0.15) is 29.5 Å². The van der Waals surface area contributed by atoms with E-state index in [0.29, 0.717) is 60.1 Å². The fourth-order valence-corrected chi connectivity index (χ4v) is 9.36. The number of rotatable bonds is 10. The number of nitrogens with zero attached hydrogens (tertiary/aromatic N) is 2. The van der Waals surface area contributed by atoms with Gasteiger partial charge in [0.05, 0.1) is 23.4 Å². The Hall–Kier alpha value is -4.25. The Morgan fingerprint density at radius 3 is 2.57 bits per heavy atom. The highest BCUT2D eigenvalue weighted by atomic mass is 35.5. The fourth-order valence-electron chi connectivity index (χ4n) is 7.81. The number of hydrogen-bond acceptors (Lipinski definition) is 10. The lowest BCUT2D eigenvalue weighted by Gasteiger charge is -2.34. The number of carbonyl (C=O) groups excluding carboxylic acids is 4. The van der Waals surface area contributed by atoms with E-state index >= 15 is 0 Å². The molecule has 4 amide bonds. The van der Waals surface area contributed by atoms with E-state index in [1.165, 1.54) is 18.2 Å². The zero-order chi connectivity index (χ0) is 42.4. The molecule has 0 spiro atoms. The summed E-state index contributed by atoms with van der Waals surface area (Å²) in [5, 5.41) is 6.93. The number of carbonyl (C=O) groups is 4. The van der Waals surface area contributed by atoms with Gasteiger partial charge in [0.15, 0.2) is 5.60 Å². The van der Waals surface area contributed by atoms with Crippen LogP contribution in [0.4, 0.5) is 13.6 Å². The Morgan fingerprint density at radius 2 is 1.91 bits per heavy atom. The molecule has 6 rings (SSSR count). The number of fused-ring (bicyclic) bond motifs is 3. The number of methoxy groups -OCH3 is 1. The van der Waals surface area contributed by atoms with E-state index in [-0.39, 0.29) is 31.2 Å². The molecular formula is C40H52ClF2N5O9S. The van der Waals surface area contributed by atoms with Gasteiger partial charge >= 0.3 is 6.09 Å². The van der Waals surface area contributed by atoms with Crippen LogP contribution in [0.5, 0.6) is 11.6 Å². The number of sulfonamides is 1. The molecule has 3 N–H and O–H groups in total. The topological polar surface area (TPSA) is 182 Å². The standard InChI is InChI=1S/C40H52ClF2N5O9S/c1-7-23-16-22(2)10-8-9-11-25-20-40(25,36(51)47-58(53,54)39(5)13-14-39)46-32(49)29-18-26(56-33-27-19-28(41)30(55-6)17-24(27)12-15-44-33)21-48(29)34(50)31(23)45-37(52)57-38(3,4)35(42)43/h9,11-12,15,17,19,22-23,25-26,29,31,35H,7-8,10,13-14,16,18,20-21H2,1-6H3,(H,45,52)(H,46,49)(H,47,51)/b11-9-/t22-,23-,25-,26-,29+,31+,40-/m1/s1. The monoisotopic (exact) mass is 851 g/mol. The molecule has 2 aliphatic heterocycles. The first-order valence-electron chi connectivity index (χ1n) is 19.7. The van der Waals surface area contributed by atoms with Gasteiger partial charge < -0.3 is 29.7 Å². The highest BCUT2D eigenvalue weighted by Crippen LogP contribution is 2.48. The van der Waals surface area contributed by atoms with Crippen molar-refractivity contribution < 1.29 is 50.6 Å². The van der Waals surface area contributed by atoms with Crippen LogP contribution in [-0.2, 0) is 29.1 Å². The van der Waals surface area contributed by atoms with Gasteiger partial charge in [0.25, 0.3) is 12.3 Å². The molecule has 0 radical (unpaired) electrons. The molecule has 2 saturated carbocycles. The number of alkyl carbamates (subject to hydrolysis) is 1. The first-order chi connectivity index (χ1) is 27.2. The maximum atomic E-state index is 14.9. The smallest absolute Gasteiger partial charge is 0.408 e. The normalized spacial score (nSPS) is 29.2. The summed E-state index contributed by atoms with van der Waals surface area (Å²) in [6.45, 7) is 7.35. The van der Waals surface area contributed by atoms with Gasteiger partial charge in [-0.05, 0) is 94.7 Å². The Labute approximate surface area is 342 Å². The number of amides is 4. The molecule has 0 bridgehead atoms. The second-order valence-electron chi connectivity index (χ2n) is 16.9. The molecule has 2 aliphatic carbocycles. The van der Waals surface area contributed by atoms with Crippen LogP contribution in [0.25, 0.3) is 10.8 Å². The summed E-state index contributed by atoms with van der Waals surface area (Å²) in [6, 6.07) is 2.50. The number of aromatic nitrogens is 1. The predicted molar refractivity (Wildman–Crippen MR) is 211 cm³/mol. The first kappa shape index (κ1) is 43.3. The SMILES string of the molecule is CC[C@@H]1C[C@H](C)CC/C=C\[C@@H]2C[C@@]2(C(=O)NS(=O)(=O)C2(C)CC2)NC(=O)[C@@H]2C[C@@H](Oc3nccc4cc(OC)c(Cl)cc34)CN2C(=O)[C@H]1NC(=O)OC(C)(C)C(F)F. The summed E-state index contributed by atoms with van der Waals surface area (Å²) in [4.78, 5) is 62.4. The Morgan fingerprint density at radius 1 is 1.19 bits per heavy atom. The third-order valence-corrected chi connectivity index (χ3v) is 14.5. The minimum atomic E-state index is -4.06. The number of hydrogen-bond donors (Lipinski definition) is 3. The van der Waals surface area contributed by atoms with E-state index in [1.807, 2.05) is 26.0 Å². The number of benzene rings is 1. The third kappa shape index (κ3) is 8.85. The fraction of sp³-hybridized carbons (Fsp3) is 0.625. The van der Waals surface area contributed by atoms with Gasteiger partial charge in [-0.2, -0.15) is 0 Å². The van der Waals surface area contributed by atoms with E-state index in [0.717, 1.165) is 13.8 Å². The van der Waals surface area contributed by atoms with Crippen molar-refractivity contribution in [2.75, 3.05) is 13.7 Å². The summed E-state index contributed by atoms with van der Waals surface area (Å²) >= 11 is 6.46. The molecule has 14 nitrogen and oxygen atoms in total. The van der Waals surface area contributed by atoms with Crippen LogP contribution < -0.4 is 24.8 Å². The van der Waals surface area contributed by atoms with Crippen LogP contribution in [-0.4, -0.2) is 96.3 Å². The second-order valence-corrected chi connectivity index (χ2v) is 19.5. The largest absolute Gasteiger partial charge is 0.495 e. The number of alkyl halides is 2. The van der Waals surface area contributed by atoms with Crippen LogP contribution in [0.2, 0.25) is 5.02 Å². The lowest BCUT2D eigenvalue weighted by molar-refractivity contribution is -0.142. The quantitative estimate of drug-likeness (QED) is 0.253. The summed E-state index contributed by atoms with van der Waals surface area (Å²) in [5.41, 5.74) is -3.78. The molecule has 4 aliphatic rings. The van der Waals surface area contributed by atoms with Crippen molar-refractivity contribution in [3.05, 3.63) is 41.6 Å². The van der Waals surface area contributed by atoms with E-state index in [4.69, 9.17) is 25.8 Å². The zero-order valence-corrected chi connectivity index (χ0v) is 35.1. The first-order valence-corrected chi connectivity index (χ1v) is 21.5. The van der Waals surface area contributed by atoms with Gasteiger partial charge in [0.2, 0.25) is 27.7 Å². The second kappa shape index (κ2) is 16.4. The lowest BCUT2D eigenvalue weighted by Crippen LogP contribution is -2.59. The molecule has 318 valence electrons. The number of allylic oxidation sites excluding steroid dienone is 1. The lowest BCUT2D eigenvalue weighted by atomic mass is 9.85. The Balaban J connectivity index is 1.37. The maximum Gasteiger partial charge on any atom is 0.408 e. The molecule has 0 unspecified atom stereocenters. The van der Waals surface area contributed by atoms with Gasteiger partial charge in [-0.15, -0.1) is 0 Å². The predicted octanol–water partition coefficient (Wildman–Crippen LogP) is 5.66. The molecule has 3 fully saturated rings. The van der Waals surface area contributed by atoms with Crippen molar-refractivity contribution >= 4 is 56.2 Å². The average molecular weight is 852 g/mol. The summed E-state index contributed by atoms with van der Waals surface area (Å²) < 4.78 is 72.0. The average Bonchev–Trinajstić information content (AvgIpc) is 4.04. The molecule has 1 saturated heterocycles. The molecular weight excluding hydrogens is 800 g/mol. The van der Waals surface area contributed by atoms with Crippen LogP contribution in [0, 0.1) is 17.8 Å². The Bertz CT molecular complexity index is 2080. The maximum absolute atomic E-state index is 14.9. The molecule has 7 atom stereocenters. The number of ether oxygens (including phenoxy) is 3. The van der Waals surface area contributed by atoms with Crippen molar-refractivity contribution in [1.82, 2.24) is 25.2 Å². The summed E-state index contributed by atoms with van der Waals surface area (Å²) in [6.07, 6.45) is 3.08. The van der Waals surface area contributed by atoms with Crippen molar-refractivity contribution in [1.29, 1.82) is 0 Å². The molecule has 2 aromatic rings. The van der Waals surface area contributed by atoms with Crippen molar-refractivity contribution in [2.24, 2.45) is 17.8 Å². The number of pyridine rings is 1. The molecule has 18 heteroatoms. The molecule has 1 aromatic carbocycles. The van der Waals surface area contributed by atoms with E-state index < -0.39 is 86.2 Å². The highest BCUT2D eigenvalue weighted by Gasteiger charge is 2.63. The van der Waals surface area contributed by atoms with Crippen molar-refractivity contribution in [2.45, 2.75) is 126 Å². The summed E-state index contributed by atoms with van der Waals surface area (Å²) in [5.74, 6) is -2.70. The van der Waals surface area contributed by atoms with Crippen LogP contribution in [0.15, 0.2) is 36.5 Å². The molecule has 3 heterocycles. The number of nitrogens with one attached hydrogen (secondary N) is 3. The minimum absolute atomic E-state index is 0.0233. The van der Waals surface area contributed by atoms with E-state index in [1.54, 1.807) is 25.1 Å². The number of halogens is 3. The van der Waals surface area contributed by atoms with Crippen molar-refractivity contribution in [3.8, 4) is 11.6 Å². The van der Waals surface area contributed by atoms with Gasteiger partial charge in [0, 0.05) is 23.9 Å². The van der Waals surface area contributed by atoms with Crippen LogP contribution in [0.1, 0.15) is 86.0 Å². The van der Waals surface area contributed by atoms with Gasteiger partial charge in [-0.1, -0.05) is 44.0 Å². The minimum Gasteiger partial charge on any atom is -0.495 e. The van der Waals surface area contributed by atoms with Gasteiger partial charge in [-0.25, -0.2) is 27.0 Å². The Kier molecular flexibility index (Phi) is 12.3. The van der Waals surface area contributed by atoms with Crippen molar-refractivity contribution in [3.63, 3.8) is 0 Å². The van der Waals surface area contributed by atoms with Gasteiger partial charge in [-0.3, -0.25) is 19.1 Å². The summed E-state index contributed by atoms with van der Waals surface area (Å²) in [7, 11) is -2.58. The third-order valence-electron chi connectivity index (χ3n) is 12.0. The van der Waals surface area contributed by atoms with Crippen LogP contribution >= 0.6 is 11.6 Å². The highest BCUT2D eigenvalue weighted by molar-refractivity contribution is 7.91. The zero-order valence-electron chi connectivity index (χ0n) is 33.5. The van der Waals surface area contributed by atoms with E-state index in [9.17, 15) is 36.4 Å². The molecule has 58 heavy (non-hydrogen) atoms.